The maximum atomic E-state index is 13.1. The third-order valence-electron chi connectivity index (χ3n) is 5.77. The van der Waals surface area contributed by atoms with Gasteiger partial charge in [-0.15, -0.1) is 0 Å². The first kappa shape index (κ1) is 12.8. The highest BCUT2D eigenvalue weighted by Crippen LogP contribution is 2.61. The van der Waals surface area contributed by atoms with Crippen molar-refractivity contribution >= 4 is 17.5 Å². The minimum atomic E-state index is -0.536. The second-order valence-electron chi connectivity index (χ2n) is 6.87. The molecule has 0 unspecified atom stereocenters. The predicted molar refractivity (Wildman–Crippen MR) is 80.7 cm³/mol. The molecule has 4 rings (SSSR count). The van der Waals surface area contributed by atoms with Crippen molar-refractivity contribution in [3.05, 3.63) is 41.5 Å². The Hall–Kier alpha value is -1.90. The van der Waals surface area contributed by atoms with Crippen molar-refractivity contribution < 1.29 is 9.59 Å². The molecule has 21 heavy (non-hydrogen) atoms. The number of nitrogens with zero attached hydrogens (tertiary/aromatic N) is 1. The fourth-order valence-corrected chi connectivity index (χ4v) is 4.68. The third kappa shape index (κ3) is 1.34. The van der Waals surface area contributed by atoms with Crippen LogP contribution < -0.4 is 4.90 Å². The molecule has 1 aromatic carbocycles. The van der Waals surface area contributed by atoms with Gasteiger partial charge in [-0.1, -0.05) is 30.4 Å². The Kier molecular flexibility index (Phi) is 2.35. The van der Waals surface area contributed by atoms with Crippen LogP contribution in [-0.2, 0) is 9.59 Å². The van der Waals surface area contributed by atoms with E-state index in [-0.39, 0.29) is 29.6 Å². The summed E-state index contributed by atoms with van der Waals surface area (Å²) in [5, 5.41) is 0. The number of aryl methyl sites for hydroxylation is 2. The molecular formula is C18H19NO2. The van der Waals surface area contributed by atoms with Gasteiger partial charge in [0.1, 0.15) is 0 Å². The van der Waals surface area contributed by atoms with Crippen molar-refractivity contribution in [1.29, 1.82) is 0 Å². The molecule has 0 radical (unpaired) electrons. The molecule has 1 aromatic rings. The maximum absolute atomic E-state index is 13.1. The molecule has 2 bridgehead atoms. The average Bonchev–Trinajstić information content (AvgIpc) is 3.06. The van der Waals surface area contributed by atoms with E-state index in [0.717, 1.165) is 23.2 Å². The standard InChI is InChI=1S/C18H19NO2/c1-10-5-4-6-11(2)15(10)19-16(20)14-12-7-8-13(9-12)18(14,3)17(19)21/h4-8,12-14H,9H2,1-3H3/t12-,13-,14-,18+/m0/s1. The van der Waals surface area contributed by atoms with E-state index in [2.05, 4.69) is 12.2 Å². The Balaban J connectivity index is 1.87. The van der Waals surface area contributed by atoms with Crippen LogP contribution >= 0.6 is 0 Å². The number of anilines is 1. The quantitative estimate of drug-likeness (QED) is 0.586. The first-order valence-corrected chi connectivity index (χ1v) is 7.59. The van der Waals surface area contributed by atoms with Crippen LogP contribution in [0.4, 0.5) is 5.69 Å². The van der Waals surface area contributed by atoms with Crippen molar-refractivity contribution in [3.8, 4) is 0 Å². The number of allylic oxidation sites excluding steroid dienone is 2. The van der Waals surface area contributed by atoms with Gasteiger partial charge < -0.3 is 0 Å². The molecule has 3 nitrogen and oxygen atoms in total. The first-order valence-electron chi connectivity index (χ1n) is 7.59. The van der Waals surface area contributed by atoms with Gasteiger partial charge in [-0.3, -0.25) is 9.59 Å². The van der Waals surface area contributed by atoms with Crippen molar-refractivity contribution in [3.63, 3.8) is 0 Å². The van der Waals surface area contributed by atoms with Crippen LogP contribution in [0.3, 0.4) is 0 Å². The number of para-hydroxylation sites is 1. The summed E-state index contributed by atoms with van der Waals surface area (Å²) < 4.78 is 0. The van der Waals surface area contributed by atoms with E-state index in [9.17, 15) is 9.59 Å². The third-order valence-corrected chi connectivity index (χ3v) is 5.77. The summed E-state index contributed by atoms with van der Waals surface area (Å²) in [6.45, 7) is 5.91. The minimum Gasteiger partial charge on any atom is -0.274 e. The molecule has 1 aliphatic heterocycles. The van der Waals surface area contributed by atoms with E-state index in [1.165, 1.54) is 4.90 Å². The van der Waals surface area contributed by atoms with Crippen molar-refractivity contribution in [2.24, 2.45) is 23.2 Å². The Morgan fingerprint density at radius 1 is 1.14 bits per heavy atom. The number of fused-ring (bicyclic) bond motifs is 5. The van der Waals surface area contributed by atoms with Gasteiger partial charge in [0.05, 0.1) is 17.0 Å². The summed E-state index contributed by atoms with van der Waals surface area (Å²) in [4.78, 5) is 27.5. The molecule has 108 valence electrons. The molecule has 1 saturated carbocycles. The number of benzene rings is 1. The molecule has 0 N–H and O–H groups in total. The topological polar surface area (TPSA) is 37.4 Å². The van der Waals surface area contributed by atoms with Gasteiger partial charge in [-0.2, -0.15) is 0 Å². The molecule has 0 aromatic heterocycles. The molecule has 2 amide bonds. The number of rotatable bonds is 1. The molecule has 2 fully saturated rings. The molecule has 3 aliphatic rings. The SMILES string of the molecule is Cc1cccc(C)c1N1C(=O)[C@@H]2[C@H]3C=C[C@@H](C3)[C@@]2(C)C1=O. The van der Waals surface area contributed by atoms with Crippen LogP contribution in [0.5, 0.6) is 0 Å². The van der Waals surface area contributed by atoms with Crippen LogP contribution in [0.2, 0.25) is 0 Å². The van der Waals surface area contributed by atoms with Crippen LogP contribution in [0.25, 0.3) is 0 Å². The lowest BCUT2D eigenvalue weighted by molar-refractivity contribution is -0.127. The number of carbonyl (C=O) groups is 2. The predicted octanol–water partition coefficient (Wildman–Crippen LogP) is 3.01. The zero-order valence-electron chi connectivity index (χ0n) is 12.6. The number of carbonyl (C=O) groups excluding carboxylic acids is 2. The van der Waals surface area contributed by atoms with E-state index in [0.29, 0.717) is 0 Å². The van der Waals surface area contributed by atoms with Gasteiger partial charge in [-0.05, 0) is 50.2 Å². The van der Waals surface area contributed by atoms with Gasteiger partial charge in [0.2, 0.25) is 11.8 Å². The maximum Gasteiger partial charge on any atom is 0.241 e. The smallest absolute Gasteiger partial charge is 0.241 e. The van der Waals surface area contributed by atoms with Gasteiger partial charge in [0, 0.05) is 0 Å². The van der Waals surface area contributed by atoms with E-state index in [1.54, 1.807) is 0 Å². The highest BCUT2D eigenvalue weighted by molar-refractivity contribution is 6.25. The molecule has 2 aliphatic carbocycles. The summed E-state index contributed by atoms with van der Waals surface area (Å²) >= 11 is 0. The zero-order valence-corrected chi connectivity index (χ0v) is 12.6. The summed E-state index contributed by atoms with van der Waals surface area (Å²) in [7, 11) is 0. The Morgan fingerprint density at radius 2 is 1.81 bits per heavy atom. The highest BCUT2D eigenvalue weighted by Gasteiger charge is 2.67. The summed E-state index contributed by atoms with van der Waals surface area (Å²) in [6.07, 6.45) is 5.23. The molecule has 1 heterocycles. The fourth-order valence-electron chi connectivity index (χ4n) is 4.68. The number of amides is 2. The molecule has 1 saturated heterocycles. The average molecular weight is 281 g/mol. The van der Waals surface area contributed by atoms with Crippen molar-refractivity contribution in [2.45, 2.75) is 27.2 Å². The van der Waals surface area contributed by atoms with Gasteiger partial charge in [0.25, 0.3) is 0 Å². The summed E-state index contributed by atoms with van der Waals surface area (Å²) in [5.41, 5.74) is 2.23. The molecule has 0 spiro atoms. The highest BCUT2D eigenvalue weighted by atomic mass is 16.2. The fraction of sp³-hybridized carbons (Fsp3) is 0.444. The second-order valence-corrected chi connectivity index (χ2v) is 6.87. The zero-order chi connectivity index (χ0) is 14.9. The number of hydrogen-bond donors (Lipinski definition) is 0. The number of imide groups is 1. The van der Waals surface area contributed by atoms with E-state index in [4.69, 9.17) is 0 Å². The van der Waals surface area contributed by atoms with Crippen LogP contribution in [0.15, 0.2) is 30.4 Å². The number of hydrogen-bond acceptors (Lipinski definition) is 2. The van der Waals surface area contributed by atoms with Crippen molar-refractivity contribution in [2.75, 3.05) is 4.90 Å². The largest absolute Gasteiger partial charge is 0.274 e. The second kappa shape index (κ2) is 3.85. The molecular weight excluding hydrogens is 262 g/mol. The lowest BCUT2D eigenvalue weighted by atomic mass is 9.71. The van der Waals surface area contributed by atoms with Crippen molar-refractivity contribution in [1.82, 2.24) is 0 Å². The molecule has 3 heteroatoms. The van der Waals surface area contributed by atoms with E-state index in [1.807, 2.05) is 39.0 Å². The van der Waals surface area contributed by atoms with E-state index < -0.39 is 5.41 Å². The van der Waals surface area contributed by atoms with Gasteiger partial charge >= 0.3 is 0 Å². The summed E-state index contributed by atoms with van der Waals surface area (Å²) in [6, 6.07) is 5.89. The lowest BCUT2D eigenvalue weighted by Gasteiger charge is -2.28. The Morgan fingerprint density at radius 3 is 2.43 bits per heavy atom. The Bertz CT molecular complexity index is 685. The normalized spacial score (nSPS) is 36.7. The first-order chi connectivity index (χ1) is 9.96. The molecule has 4 atom stereocenters. The monoisotopic (exact) mass is 281 g/mol. The van der Waals surface area contributed by atoms with Crippen LogP contribution in [-0.4, -0.2) is 11.8 Å². The van der Waals surface area contributed by atoms with Crippen LogP contribution in [0, 0.1) is 37.0 Å². The lowest BCUT2D eigenvalue weighted by Crippen LogP contribution is -2.38. The van der Waals surface area contributed by atoms with Crippen LogP contribution in [0.1, 0.15) is 24.5 Å². The summed E-state index contributed by atoms with van der Waals surface area (Å²) in [5.74, 6) is 0.284. The Labute approximate surface area is 124 Å². The van der Waals surface area contributed by atoms with Gasteiger partial charge in [-0.25, -0.2) is 4.90 Å². The van der Waals surface area contributed by atoms with E-state index >= 15 is 0 Å². The minimum absolute atomic E-state index is 0.00301. The van der Waals surface area contributed by atoms with Gasteiger partial charge in [0.15, 0.2) is 0 Å².